The van der Waals surface area contributed by atoms with Crippen molar-refractivity contribution >= 4 is 6.09 Å². The second-order valence-electron chi connectivity index (χ2n) is 4.67. The molecule has 2 rings (SSSR count). The molecule has 1 atom stereocenters. The summed E-state index contributed by atoms with van der Waals surface area (Å²) in [5.74, 6) is 0.234. The highest BCUT2D eigenvalue weighted by atomic mass is 16.5. The number of hydrogen-bond donors (Lipinski definition) is 1. The van der Waals surface area contributed by atoms with Gasteiger partial charge in [-0.1, -0.05) is 60.7 Å². The predicted molar refractivity (Wildman–Crippen MR) is 79.7 cm³/mol. The Bertz CT molecular complexity index is 525. The molecule has 2 aromatic rings. The molecule has 2 aromatic carbocycles. The number of carbonyl (C=O) groups is 1. The van der Waals surface area contributed by atoms with Crippen molar-refractivity contribution in [2.45, 2.75) is 12.3 Å². The molecule has 0 saturated heterocycles. The first kappa shape index (κ1) is 14.1. The van der Waals surface area contributed by atoms with E-state index in [1.807, 2.05) is 36.4 Å². The van der Waals surface area contributed by atoms with Crippen molar-refractivity contribution < 1.29 is 9.53 Å². The van der Waals surface area contributed by atoms with Crippen LogP contribution < -0.4 is 5.32 Å². The van der Waals surface area contributed by atoms with Crippen LogP contribution in [0.4, 0.5) is 4.79 Å². The van der Waals surface area contributed by atoms with Crippen molar-refractivity contribution in [2.75, 3.05) is 13.7 Å². The maximum absolute atomic E-state index is 11.3. The maximum atomic E-state index is 11.3. The predicted octanol–water partition coefficient (Wildman–Crippen LogP) is 3.37. The third-order valence-corrected chi connectivity index (χ3v) is 3.27. The number of nitrogens with one attached hydrogen (secondary N) is 1. The molecule has 0 fully saturated rings. The molecule has 0 spiro atoms. The van der Waals surface area contributed by atoms with Gasteiger partial charge in [0.2, 0.25) is 0 Å². The molecule has 0 aliphatic rings. The van der Waals surface area contributed by atoms with E-state index in [9.17, 15) is 4.79 Å². The summed E-state index contributed by atoms with van der Waals surface area (Å²) in [5, 5.41) is 2.79. The van der Waals surface area contributed by atoms with E-state index in [1.54, 1.807) is 0 Å². The van der Waals surface area contributed by atoms with Crippen LogP contribution in [0.2, 0.25) is 0 Å². The molecule has 20 heavy (non-hydrogen) atoms. The Labute approximate surface area is 119 Å². The zero-order valence-corrected chi connectivity index (χ0v) is 11.6. The van der Waals surface area contributed by atoms with Crippen molar-refractivity contribution in [3.63, 3.8) is 0 Å². The lowest BCUT2D eigenvalue weighted by atomic mass is 9.92. The van der Waals surface area contributed by atoms with Crippen LogP contribution in [0.3, 0.4) is 0 Å². The molecule has 0 aliphatic heterocycles. The fourth-order valence-corrected chi connectivity index (χ4v) is 2.21. The monoisotopic (exact) mass is 269 g/mol. The molecule has 1 amide bonds. The Kier molecular flexibility index (Phi) is 5.18. The lowest BCUT2D eigenvalue weighted by Gasteiger charge is -2.18. The van der Waals surface area contributed by atoms with Gasteiger partial charge in [0.1, 0.15) is 0 Å². The van der Waals surface area contributed by atoms with Gasteiger partial charge in [0.05, 0.1) is 7.11 Å². The average molecular weight is 269 g/mol. The second-order valence-corrected chi connectivity index (χ2v) is 4.67. The van der Waals surface area contributed by atoms with E-state index in [2.05, 4.69) is 34.3 Å². The highest BCUT2D eigenvalue weighted by molar-refractivity contribution is 5.66. The molecular formula is C17H19NO2. The first-order valence-corrected chi connectivity index (χ1v) is 6.70. The molecular weight excluding hydrogens is 250 g/mol. The van der Waals surface area contributed by atoms with Crippen LogP contribution in [-0.4, -0.2) is 19.7 Å². The summed E-state index contributed by atoms with van der Waals surface area (Å²) < 4.78 is 4.64. The Morgan fingerprint density at radius 1 is 1.05 bits per heavy atom. The van der Waals surface area contributed by atoms with E-state index in [0.29, 0.717) is 6.54 Å². The summed E-state index contributed by atoms with van der Waals surface area (Å²) in [7, 11) is 1.38. The number of alkyl carbamates (subject to hydrolysis) is 1. The maximum Gasteiger partial charge on any atom is 0.406 e. The lowest BCUT2D eigenvalue weighted by Crippen LogP contribution is -2.29. The van der Waals surface area contributed by atoms with E-state index in [0.717, 1.165) is 6.42 Å². The Morgan fingerprint density at radius 3 is 2.25 bits per heavy atom. The fourth-order valence-electron chi connectivity index (χ4n) is 2.21. The number of hydrogen-bond acceptors (Lipinski definition) is 2. The zero-order chi connectivity index (χ0) is 14.2. The van der Waals surface area contributed by atoms with Crippen LogP contribution in [0.1, 0.15) is 17.0 Å². The normalized spacial score (nSPS) is 11.7. The summed E-state index contributed by atoms with van der Waals surface area (Å²) in [5.41, 5.74) is 2.47. The number of amides is 1. The van der Waals surface area contributed by atoms with Crippen molar-refractivity contribution in [1.82, 2.24) is 5.32 Å². The molecule has 0 heterocycles. The van der Waals surface area contributed by atoms with Gasteiger partial charge >= 0.3 is 6.09 Å². The second kappa shape index (κ2) is 7.34. The van der Waals surface area contributed by atoms with E-state index < -0.39 is 0 Å². The van der Waals surface area contributed by atoms with Gasteiger partial charge in [0.25, 0.3) is 0 Å². The van der Waals surface area contributed by atoms with Gasteiger partial charge in [-0.3, -0.25) is 0 Å². The molecule has 104 valence electrons. The SMILES string of the molecule is COC(=O)NCC(Cc1ccccc1)c1ccccc1. The summed E-state index contributed by atoms with van der Waals surface area (Å²) in [4.78, 5) is 11.3. The zero-order valence-electron chi connectivity index (χ0n) is 11.6. The van der Waals surface area contributed by atoms with Gasteiger partial charge in [0.15, 0.2) is 0 Å². The largest absolute Gasteiger partial charge is 0.453 e. The average Bonchev–Trinajstić information content (AvgIpc) is 2.53. The van der Waals surface area contributed by atoms with Crippen LogP contribution in [0, 0.1) is 0 Å². The summed E-state index contributed by atoms with van der Waals surface area (Å²) in [6.45, 7) is 0.561. The molecule has 1 unspecified atom stereocenters. The lowest BCUT2D eigenvalue weighted by molar-refractivity contribution is 0.170. The molecule has 0 aromatic heterocycles. The molecule has 3 heteroatoms. The van der Waals surface area contributed by atoms with E-state index >= 15 is 0 Å². The van der Waals surface area contributed by atoms with Crippen LogP contribution in [0.5, 0.6) is 0 Å². The summed E-state index contributed by atoms with van der Waals surface area (Å²) in [6.07, 6.45) is 0.494. The van der Waals surface area contributed by atoms with Crippen LogP contribution in [0.25, 0.3) is 0 Å². The van der Waals surface area contributed by atoms with Gasteiger partial charge in [-0.15, -0.1) is 0 Å². The highest BCUT2D eigenvalue weighted by Gasteiger charge is 2.13. The molecule has 0 bridgehead atoms. The molecule has 0 aliphatic carbocycles. The number of ether oxygens (including phenoxy) is 1. The Balaban J connectivity index is 2.10. The van der Waals surface area contributed by atoms with Gasteiger partial charge < -0.3 is 10.1 Å². The van der Waals surface area contributed by atoms with Crippen molar-refractivity contribution in [3.05, 3.63) is 71.8 Å². The third-order valence-electron chi connectivity index (χ3n) is 3.27. The quantitative estimate of drug-likeness (QED) is 0.903. The van der Waals surface area contributed by atoms with Crippen LogP contribution >= 0.6 is 0 Å². The van der Waals surface area contributed by atoms with Crippen molar-refractivity contribution in [3.8, 4) is 0 Å². The van der Waals surface area contributed by atoms with Crippen LogP contribution in [-0.2, 0) is 11.2 Å². The summed E-state index contributed by atoms with van der Waals surface area (Å²) >= 11 is 0. The number of benzene rings is 2. The minimum Gasteiger partial charge on any atom is -0.453 e. The van der Waals surface area contributed by atoms with E-state index in [-0.39, 0.29) is 12.0 Å². The standard InChI is InChI=1S/C17H19NO2/c1-20-17(19)18-13-16(15-10-6-3-7-11-15)12-14-8-4-2-5-9-14/h2-11,16H,12-13H2,1H3,(H,18,19). The Hall–Kier alpha value is -2.29. The van der Waals surface area contributed by atoms with Crippen molar-refractivity contribution in [1.29, 1.82) is 0 Å². The topological polar surface area (TPSA) is 38.3 Å². The minimum absolute atomic E-state index is 0.234. The molecule has 0 saturated carbocycles. The number of carbonyl (C=O) groups excluding carboxylic acids is 1. The third kappa shape index (κ3) is 4.12. The Morgan fingerprint density at radius 2 is 1.65 bits per heavy atom. The first-order chi connectivity index (χ1) is 9.79. The molecule has 0 radical (unpaired) electrons. The van der Waals surface area contributed by atoms with Crippen LogP contribution in [0.15, 0.2) is 60.7 Å². The minimum atomic E-state index is -0.390. The van der Waals surface area contributed by atoms with Gasteiger partial charge in [-0.2, -0.15) is 0 Å². The van der Waals surface area contributed by atoms with Crippen molar-refractivity contribution in [2.24, 2.45) is 0 Å². The molecule has 1 N–H and O–H groups in total. The molecule has 3 nitrogen and oxygen atoms in total. The van der Waals surface area contributed by atoms with Gasteiger partial charge in [-0.05, 0) is 17.5 Å². The summed E-state index contributed by atoms with van der Waals surface area (Å²) in [6, 6.07) is 20.5. The number of rotatable bonds is 5. The van der Waals surface area contributed by atoms with E-state index in [4.69, 9.17) is 0 Å². The fraction of sp³-hybridized carbons (Fsp3) is 0.235. The van der Waals surface area contributed by atoms with Gasteiger partial charge in [0, 0.05) is 12.5 Å². The number of methoxy groups -OCH3 is 1. The van der Waals surface area contributed by atoms with E-state index in [1.165, 1.54) is 18.2 Å². The first-order valence-electron chi connectivity index (χ1n) is 6.70. The smallest absolute Gasteiger partial charge is 0.406 e. The van der Waals surface area contributed by atoms with Gasteiger partial charge in [-0.25, -0.2) is 4.79 Å². The highest BCUT2D eigenvalue weighted by Crippen LogP contribution is 2.20.